The Morgan fingerprint density at radius 1 is 1.21 bits per heavy atom. The van der Waals surface area contributed by atoms with Crippen LogP contribution in [-0.2, 0) is 6.54 Å². The molecule has 2 heteroatoms. The van der Waals surface area contributed by atoms with Gasteiger partial charge in [0.15, 0.2) is 0 Å². The molecule has 0 aromatic heterocycles. The summed E-state index contributed by atoms with van der Waals surface area (Å²) in [5, 5.41) is 3.81. The van der Waals surface area contributed by atoms with Gasteiger partial charge < -0.3 is 5.32 Å². The normalized spacial score (nSPS) is 21.5. The zero-order valence-electron chi connectivity index (χ0n) is 12.1. The van der Waals surface area contributed by atoms with E-state index in [0.29, 0.717) is 6.04 Å². The summed E-state index contributed by atoms with van der Waals surface area (Å²) >= 11 is 0. The summed E-state index contributed by atoms with van der Waals surface area (Å²) in [6.07, 6.45) is 6.81. The van der Waals surface area contributed by atoms with Gasteiger partial charge in [-0.1, -0.05) is 25.1 Å². The predicted octanol–water partition coefficient (Wildman–Crippen LogP) is 3.88. The summed E-state index contributed by atoms with van der Waals surface area (Å²) < 4.78 is 0. The largest absolute Gasteiger partial charge is 0.382 e. The molecule has 19 heavy (non-hydrogen) atoms. The Hall–Kier alpha value is -1.02. The van der Waals surface area contributed by atoms with Crippen molar-refractivity contribution >= 4 is 5.69 Å². The summed E-state index contributed by atoms with van der Waals surface area (Å²) in [6, 6.07) is 9.57. The maximum absolute atomic E-state index is 3.81. The SMILES string of the molecule is CCC(Nc1ccccc1CN1CCCC1)C1CC1. The molecule has 1 aromatic rings. The molecule has 1 aliphatic carbocycles. The highest BCUT2D eigenvalue weighted by Gasteiger charge is 2.30. The van der Waals surface area contributed by atoms with Gasteiger partial charge in [0.05, 0.1) is 0 Å². The number of nitrogens with zero attached hydrogens (tertiary/aromatic N) is 1. The molecule has 1 atom stereocenters. The van der Waals surface area contributed by atoms with E-state index in [1.165, 1.54) is 56.4 Å². The highest BCUT2D eigenvalue weighted by atomic mass is 15.1. The quantitative estimate of drug-likeness (QED) is 0.833. The van der Waals surface area contributed by atoms with Crippen LogP contribution in [0.4, 0.5) is 5.69 Å². The smallest absolute Gasteiger partial charge is 0.0388 e. The Morgan fingerprint density at radius 3 is 2.63 bits per heavy atom. The van der Waals surface area contributed by atoms with Gasteiger partial charge in [-0.25, -0.2) is 0 Å². The fourth-order valence-electron chi connectivity index (χ4n) is 3.23. The molecule has 1 aliphatic heterocycles. The molecule has 0 amide bonds. The first-order valence-electron chi connectivity index (χ1n) is 7.93. The molecule has 104 valence electrons. The molecule has 1 aromatic carbocycles. The second kappa shape index (κ2) is 5.96. The van der Waals surface area contributed by atoms with Gasteiger partial charge in [-0.15, -0.1) is 0 Å². The number of benzene rings is 1. The third-order valence-corrected chi connectivity index (χ3v) is 4.58. The van der Waals surface area contributed by atoms with Crippen molar-refractivity contribution in [1.29, 1.82) is 0 Å². The first kappa shape index (κ1) is 13.0. The highest BCUT2D eigenvalue weighted by molar-refractivity contribution is 5.52. The lowest BCUT2D eigenvalue weighted by atomic mass is 10.1. The maximum atomic E-state index is 3.81. The van der Waals surface area contributed by atoms with E-state index in [4.69, 9.17) is 0 Å². The standard InChI is InChI=1S/C17H26N2/c1-2-16(14-9-10-14)18-17-8-4-3-7-15(17)13-19-11-5-6-12-19/h3-4,7-8,14,16,18H,2,5-6,9-13H2,1H3. The molecule has 1 unspecified atom stereocenters. The van der Waals surface area contributed by atoms with Gasteiger partial charge in [0.2, 0.25) is 0 Å². The summed E-state index contributed by atoms with van der Waals surface area (Å²) in [5.74, 6) is 0.921. The summed E-state index contributed by atoms with van der Waals surface area (Å²) in [7, 11) is 0. The van der Waals surface area contributed by atoms with Crippen LogP contribution in [0.25, 0.3) is 0 Å². The predicted molar refractivity (Wildman–Crippen MR) is 81.4 cm³/mol. The van der Waals surface area contributed by atoms with E-state index in [-0.39, 0.29) is 0 Å². The second-order valence-electron chi connectivity index (χ2n) is 6.14. The van der Waals surface area contributed by atoms with Crippen molar-refractivity contribution < 1.29 is 0 Å². The summed E-state index contributed by atoms with van der Waals surface area (Å²) in [6.45, 7) is 5.96. The lowest BCUT2D eigenvalue weighted by Gasteiger charge is -2.22. The van der Waals surface area contributed by atoms with Crippen LogP contribution in [0.5, 0.6) is 0 Å². The molecule has 0 radical (unpaired) electrons. The molecular formula is C17H26N2. The van der Waals surface area contributed by atoms with Crippen LogP contribution in [0, 0.1) is 5.92 Å². The lowest BCUT2D eigenvalue weighted by molar-refractivity contribution is 0.332. The molecule has 2 fully saturated rings. The highest BCUT2D eigenvalue weighted by Crippen LogP contribution is 2.36. The van der Waals surface area contributed by atoms with E-state index in [1.807, 2.05) is 0 Å². The van der Waals surface area contributed by atoms with Crippen molar-refractivity contribution in [3.8, 4) is 0 Å². The van der Waals surface area contributed by atoms with Crippen LogP contribution >= 0.6 is 0 Å². The third kappa shape index (κ3) is 3.30. The maximum Gasteiger partial charge on any atom is 0.0388 e. The van der Waals surface area contributed by atoms with E-state index in [2.05, 4.69) is 41.4 Å². The molecular weight excluding hydrogens is 232 g/mol. The number of para-hydroxylation sites is 1. The zero-order chi connectivity index (χ0) is 13.1. The van der Waals surface area contributed by atoms with Gasteiger partial charge >= 0.3 is 0 Å². The van der Waals surface area contributed by atoms with Crippen molar-refractivity contribution in [2.24, 2.45) is 5.92 Å². The van der Waals surface area contributed by atoms with Crippen molar-refractivity contribution in [3.63, 3.8) is 0 Å². The molecule has 3 rings (SSSR count). The fraction of sp³-hybridized carbons (Fsp3) is 0.647. The van der Waals surface area contributed by atoms with Crippen molar-refractivity contribution in [2.45, 2.75) is 51.6 Å². The Labute approximate surface area is 117 Å². The Morgan fingerprint density at radius 2 is 1.95 bits per heavy atom. The molecule has 1 saturated heterocycles. The lowest BCUT2D eigenvalue weighted by Crippen LogP contribution is -2.23. The van der Waals surface area contributed by atoms with E-state index in [1.54, 1.807) is 0 Å². The number of hydrogen-bond acceptors (Lipinski definition) is 2. The number of anilines is 1. The van der Waals surface area contributed by atoms with Crippen LogP contribution in [0.1, 0.15) is 44.6 Å². The number of nitrogens with one attached hydrogen (secondary N) is 1. The van der Waals surface area contributed by atoms with Crippen molar-refractivity contribution in [3.05, 3.63) is 29.8 Å². The van der Waals surface area contributed by atoms with E-state index < -0.39 is 0 Å². The third-order valence-electron chi connectivity index (χ3n) is 4.58. The van der Waals surface area contributed by atoms with Crippen molar-refractivity contribution in [1.82, 2.24) is 4.90 Å². The first-order valence-corrected chi connectivity index (χ1v) is 7.93. The number of rotatable bonds is 6. The van der Waals surface area contributed by atoms with E-state index >= 15 is 0 Å². The Balaban J connectivity index is 1.68. The number of likely N-dealkylation sites (tertiary alicyclic amines) is 1. The average Bonchev–Trinajstić information content (AvgIpc) is 3.15. The van der Waals surface area contributed by atoms with Crippen LogP contribution in [0.3, 0.4) is 0 Å². The molecule has 1 heterocycles. The van der Waals surface area contributed by atoms with Crippen LogP contribution in [0.15, 0.2) is 24.3 Å². The van der Waals surface area contributed by atoms with Gasteiger partial charge in [-0.2, -0.15) is 0 Å². The van der Waals surface area contributed by atoms with Crippen LogP contribution < -0.4 is 5.32 Å². The first-order chi connectivity index (χ1) is 9.36. The van der Waals surface area contributed by atoms with E-state index in [0.717, 1.165) is 12.5 Å². The molecule has 1 saturated carbocycles. The number of hydrogen-bond donors (Lipinski definition) is 1. The van der Waals surface area contributed by atoms with Gasteiger partial charge in [0, 0.05) is 18.3 Å². The summed E-state index contributed by atoms with van der Waals surface area (Å²) in [4.78, 5) is 2.58. The molecule has 2 aliphatic rings. The molecule has 2 nitrogen and oxygen atoms in total. The summed E-state index contributed by atoms with van der Waals surface area (Å²) in [5.41, 5.74) is 2.84. The minimum absolute atomic E-state index is 0.680. The average molecular weight is 258 g/mol. The molecule has 0 spiro atoms. The zero-order valence-corrected chi connectivity index (χ0v) is 12.1. The van der Waals surface area contributed by atoms with Crippen LogP contribution in [-0.4, -0.2) is 24.0 Å². The fourth-order valence-corrected chi connectivity index (χ4v) is 3.23. The molecule has 0 bridgehead atoms. The second-order valence-corrected chi connectivity index (χ2v) is 6.14. The topological polar surface area (TPSA) is 15.3 Å². The van der Waals surface area contributed by atoms with Gasteiger partial charge in [-0.05, 0) is 62.7 Å². The van der Waals surface area contributed by atoms with Crippen molar-refractivity contribution in [2.75, 3.05) is 18.4 Å². The van der Waals surface area contributed by atoms with Gasteiger partial charge in [0.1, 0.15) is 0 Å². The minimum Gasteiger partial charge on any atom is -0.382 e. The van der Waals surface area contributed by atoms with Gasteiger partial charge in [0.25, 0.3) is 0 Å². The Bertz CT molecular complexity index is 405. The molecule has 1 N–H and O–H groups in total. The monoisotopic (exact) mass is 258 g/mol. The Kier molecular flexibility index (Phi) is 4.07. The van der Waals surface area contributed by atoms with Gasteiger partial charge in [-0.3, -0.25) is 4.90 Å². The minimum atomic E-state index is 0.680. The van der Waals surface area contributed by atoms with Crippen LogP contribution in [0.2, 0.25) is 0 Å². The van der Waals surface area contributed by atoms with E-state index in [9.17, 15) is 0 Å².